The van der Waals surface area contributed by atoms with Crippen molar-refractivity contribution in [3.8, 4) is 0 Å². The lowest BCUT2D eigenvalue weighted by atomic mass is 10.1. The van der Waals surface area contributed by atoms with Crippen LogP contribution >= 0.6 is 0 Å². The molecule has 0 bridgehead atoms. The van der Waals surface area contributed by atoms with E-state index in [4.69, 9.17) is 0 Å². The summed E-state index contributed by atoms with van der Waals surface area (Å²) in [5.74, 6) is -2.14. The van der Waals surface area contributed by atoms with Crippen molar-refractivity contribution in [2.24, 2.45) is 0 Å². The molecule has 2 heterocycles. The average Bonchev–Trinajstić information content (AvgIpc) is 3.17. The monoisotopic (exact) mass is 377 g/mol. The first-order valence-corrected chi connectivity index (χ1v) is 8.76. The molecule has 0 N–H and O–H groups in total. The van der Waals surface area contributed by atoms with Crippen molar-refractivity contribution in [3.63, 3.8) is 0 Å². The number of aromatic nitrogens is 3. The first kappa shape index (κ1) is 17.9. The minimum absolute atomic E-state index is 0.259. The van der Waals surface area contributed by atoms with Crippen molar-refractivity contribution >= 4 is 28.5 Å². The molecule has 0 saturated carbocycles. The summed E-state index contributed by atoms with van der Waals surface area (Å²) in [6.45, 7) is 6.11. The van der Waals surface area contributed by atoms with Gasteiger partial charge in [0.05, 0.1) is 22.3 Å². The second-order valence-electron chi connectivity index (χ2n) is 6.45. The van der Waals surface area contributed by atoms with Gasteiger partial charge >= 0.3 is 0 Å². The number of benzene rings is 2. The number of allylic oxidation sites excluding steroid dienone is 2. The Hall–Kier alpha value is -3.54. The molecule has 0 fully saturated rings. The quantitative estimate of drug-likeness (QED) is 0.280. The molecule has 140 valence electrons. The number of imidazole rings is 1. The Kier molecular flexibility index (Phi) is 4.39. The van der Waals surface area contributed by atoms with Crippen molar-refractivity contribution in [1.29, 1.82) is 0 Å². The molecule has 28 heavy (non-hydrogen) atoms. The molecule has 6 heteroatoms. The van der Waals surface area contributed by atoms with Gasteiger partial charge in [0.2, 0.25) is 0 Å². The van der Waals surface area contributed by atoms with Crippen LogP contribution in [0.5, 0.6) is 0 Å². The number of carbonyl (C=O) groups excluding carboxylic acids is 1. The summed E-state index contributed by atoms with van der Waals surface area (Å²) in [6.07, 6.45) is 4.58. The Labute approximate surface area is 160 Å². The predicted molar refractivity (Wildman–Crippen MR) is 105 cm³/mol. The van der Waals surface area contributed by atoms with E-state index in [1.54, 1.807) is 17.5 Å². The smallest absolute Gasteiger partial charge is 0.191 e. The summed E-state index contributed by atoms with van der Waals surface area (Å²) in [6, 6.07) is 11.3. The minimum atomic E-state index is -0.954. The number of fused-ring (bicyclic) bond motifs is 3. The summed E-state index contributed by atoms with van der Waals surface area (Å²) in [5.41, 5.74) is 3.99. The second-order valence-corrected chi connectivity index (χ2v) is 6.45. The molecule has 0 aliphatic rings. The summed E-state index contributed by atoms with van der Waals surface area (Å²) >= 11 is 0. The molecule has 0 unspecified atom stereocenters. The normalized spacial score (nSPS) is 11.7. The highest BCUT2D eigenvalue weighted by Gasteiger charge is 2.21. The Bertz CT molecular complexity index is 1260. The van der Waals surface area contributed by atoms with Gasteiger partial charge < -0.3 is 4.57 Å². The zero-order chi connectivity index (χ0) is 19.8. The Balaban J connectivity index is 1.84. The molecule has 0 radical (unpaired) electrons. The van der Waals surface area contributed by atoms with E-state index in [0.29, 0.717) is 29.0 Å². The Morgan fingerprint density at radius 1 is 1.14 bits per heavy atom. The number of aryl methyl sites for hydroxylation is 1. The molecule has 4 rings (SSSR count). The largest absolute Gasteiger partial charge is 0.320 e. The standard InChI is InChI=1S/C22H17F2N3O/c1-3-12-26-18-6-4-5-7-19(18)27-22(26)21(14(2)25-27)20(28)11-9-15-8-10-16(23)17(24)13-15/h3-11,13H,1,12H2,2H3. The van der Waals surface area contributed by atoms with Gasteiger partial charge in [-0.05, 0) is 42.8 Å². The molecule has 4 nitrogen and oxygen atoms in total. The molecule has 2 aromatic heterocycles. The van der Waals surface area contributed by atoms with E-state index in [0.717, 1.165) is 23.2 Å². The minimum Gasteiger partial charge on any atom is -0.320 e. The van der Waals surface area contributed by atoms with Crippen LogP contribution in [0.15, 0.2) is 61.2 Å². The van der Waals surface area contributed by atoms with E-state index in [-0.39, 0.29) is 5.78 Å². The number of hydrogen-bond acceptors (Lipinski definition) is 2. The highest BCUT2D eigenvalue weighted by molar-refractivity contribution is 6.12. The summed E-state index contributed by atoms with van der Waals surface area (Å²) < 4.78 is 30.2. The van der Waals surface area contributed by atoms with Crippen molar-refractivity contribution in [3.05, 3.63) is 89.7 Å². The number of hydrogen-bond donors (Lipinski definition) is 0. The molecule has 0 aliphatic carbocycles. The maximum Gasteiger partial charge on any atom is 0.191 e. The predicted octanol–water partition coefficient (Wildman–Crippen LogP) is 4.96. The first-order valence-electron chi connectivity index (χ1n) is 8.76. The van der Waals surface area contributed by atoms with Gasteiger partial charge in [-0.15, -0.1) is 6.58 Å². The van der Waals surface area contributed by atoms with Crippen molar-refractivity contribution in [1.82, 2.24) is 14.2 Å². The lowest BCUT2D eigenvalue weighted by Gasteiger charge is -2.03. The molecule has 2 aromatic carbocycles. The van der Waals surface area contributed by atoms with Crippen LogP contribution in [0.3, 0.4) is 0 Å². The fraction of sp³-hybridized carbons (Fsp3) is 0.0909. The number of carbonyl (C=O) groups is 1. The van der Waals surface area contributed by atoms with Crippen molar-refractivity contribution in [2.75, 3.05) is 0 Å². The van der Waals surface area contributed by atoms with Crippen LogP contribution in [0, 0.1) is 18.6 Å². The maximum absolute atomic E-state index is 13.4. The number of para-hydroxylation sites is 2. The number of rotatable bonds is 5. The maximum atomic E-state index is 13.4. The van der Waals surface area contributed by atoms with Crippen molar-refractivity contribution in [2.45, 2.75) is 13.5 Å². The van der Waals surface area contributed by atoms with Gasteiger partial charge in [0.25, 0.3) is 0 Å². The number of ketones is 1. The SMILES string of the molecule is C=CCn1c2ccccc2n2nc(C)c(C(=O)C=Cc3ccc(F)c(F)c3)c12. The van der Waals surface area contributed by atoms with Gasteiger partial charge in [0, 0.05) is 6.54 Å². The average molecular weight is 377 g/mol. The number of nitrogens with zero attached hydrogens (tertiary/aromatic N) is 3. The summed E-state index contributed by atoms with van der Waals surface area (Å²) in [5, 5.41) is 4.54. The van der Waals surface area contributed by atoms with Crippen LogP contribution in [0.1, 0.15) is 21.6 Å². The molecule has 0 saturated heterocycles. The third-order valence-corrected chi connectivity index (χ3v) is 4.62. The first-order chi connectivity index (χ1) is 13.5. The van der Waals surface area contributed by atoms with Gasteiger partial charge in [0.1, 0.15) is 5.65 Å². The lowest BCUT2D eigenvalue weighted by molar-refractivity contribution is 0.104. The molecule has 0 spiro atoms. The topological polar surface area (TPSA) is 39.3 Å². The number of halogens is 2. The van der Waals surface area contributed by atoms with Gasteiger partial charge in [-0.1, -0.05) is 30.4 Å². The summed E-state index contributed by atoms with van der Waals surface area (Å²) in [7, 11) is 0. The zero-order valence-corrected chi connectivity index (χ0v) is 15.2. The van der Waals surface area contributed by atoms with Crippen molar-refractivity contribution < 1.29 is 13.6 Å². The third kappa shape index (κ3) is 2.83. The molecule has 0 aliphatic heterocycles. The second kappa shape index (κ2) is 6.88. The molecule has 4 aromatic rings. The van der Waals surface area contributed by atoms with Crippen LogP contribution in [-0.2, 0) is 6.54 Å². The third-order valence-electron chi connectivity index (χ3n) is 4.62. The molecular formula is C22H17F2N3O. The fourth-order valence-corrected chi connectivity index (χ4v) is 3.39. The Morgan fingerprint density at radius 2 is 1.89 bits per heavy atom. The highest BCUT2D eigenvalue weighted by atomic mass is 19.2. The zero-order valence-electron chi connectivity index (χ0n) is 15.2. The van der Waals surface area contributed by atoms with Gasteiger partial charge in [-0.3, -0.25) is 4.79 Å². The van der Waals surface area contributed by atoms with Crippen LogP contribution in [-0.4, -0.2) is 20.0 Å². The van der Waals surface area contributed by atoms with E-state index in [1.807, 2.05) is 28.8 Å². The van der Waals surface area contributed by atoms with Crippen LogP contribution in [0.25, 0.3) is 22.8 Å². The van der Waals surface area contributed by atoms with E-state index >= 15 is 0 Å². The van der Waals surface area contributed by atoms with Crippen LogP contribution in [0.4, 0.5) is 8.78 Å². The fourth-order valence-electron chi connectivity index (χ4n) is 3.39. The van der Waals surface area contributed by atoms with Gasteiger partial charge in [-0.2, -0.15) is 5.10 Å². The van der Waals surface area contributed by atoms with Gasteiger partial charge in [-0.25, -0.2) is 13.3 Å². The summed E-state index contributed by atoms with van der Waals surface area (Å²) in [4.78, 5) is 13.0. The van der Waals surface area contributed by atoms with Crippen LogP contribution < -0.4 is 0 Å². The van der Waals surface area contributed by atoms with E-state index < -0.39 is 11.6 Å². The molecular weight excluding hydrogens is 360 g/mol. The van der Waals surface area contributed by atoms with Gasteiger partial charge in [0.15, 0.2) is 17.4 Å². The van der Waals surface area contributed by atoms with E-state index in [2.05, 4.69) is 11.7 Å². The molecule has 0 atom stereocenters. The van der Waals surface area contributed by atoms with E-state index in [1.165, 1.54) is 18.2 Å². The Morgan fingerprint density at radius 3 is 2.61 bits per heavy atom. The lowest BCUT2D eigenvalue weighted by Crippen LogP contribution is -2.02. The highest BCUT2D eigenvalue weighted by Crippen LogP contribution is 2.26. The van der Waals surface area contributed by atoms with E-state index in [9.17, 15) is 13.6 Å². The van der Waals surface area contributed by atoms with Crippen LogP contribution in [0.2, 0.25) is 0 Å². The molecule has 0 amide bonds.